The van der Waals surface area contributed by atoms with Crippen LogP contribution in [0.2, 0.25) is 0 Å². The second kappa shape index (κ2) is 8.21. The fourth-order valence-electron chi connectivity index (χ4n) is 3.40. The van der Waals surface area contributed by atoms with E-state index in [-0.39, 0.29) is 17.7 Å². The van der Waals surface area contributed by atoms with Gasteiger partial charge in [0, 0.05) is 5.56 Å². The molecule has 0 aromatic heterocycles. The average molecular weight is 455 g/mol. The summed E-state index contributed by atoms with van der Waals surface area (Å²) in [5, 5.41) is 6.96. The van der Waals surface area contributed by atoms with Crippen molar-refractivity contribution in [1.29, 1.82) is 0 Å². The number of carbonyl (C=O) groups is 3. The van der Waals surface area contributed by atoms with Gasteiger partial charge in [-0.05, 0) is 35.7 Å². The number of alkyl halides is 3. The van der Waals surface area contributed by atoms with E-state index in [4.69, 9.17) is 0 Å². The van der Waals surface area contributed by atoms with Crippen molar-refractivity contribution in [2.75, 3.05) is 6.54 Å². The molecule has 0 radical (unpaired) electrons. The molecule has 1 fully saturated rings. The SMILES string of the molecule is CC(C)C1(CNC(=O)c2ccc(F)c(F)c2-c2ccc(C(F)(F)F)cc2)NC(=O)NC1=O. The van der Waals surface area contributed by atoms with Crippen molar-refractivity contribution in [1.82, 2.24) is 16.0 Å². The number of carbonyl (C=O) groups excluding carboxylic acids is 3. The molecule has 1 aliphatic heterocycles. The molecule has 0 spiro atoms. The van der Waals surface area contributed by atoms with Gasteiger partial charge in [-0.1, -0.05) is 26.0 Å². The number of hydrogen-bond donors (Lipinski definition) is 3. The molecule has 1 aliphatic rings. The van der Waals surface area contributed by atoms with Crippen LogP contribution >= 0.6 is 0 Å². The minimum Gasteiger partial charge on any atom is -0.349 e. The van der Waals surface area contributed by atoms with Gasteiger partial charge in [0.25, 0.3) is 11.8 Å². The summed E-state index contributed by atoms with van der Waals surface area (Å²) in [7, 11) is 0. The monoisotopic (exact) mass is 455 g/mol. The van der Waals surface area contributed by atoms with Crippen LogP contribution in [0.15, 0.2) is 36.4 Å². The van der Waals surface area contributed by atoms with Crippen LogP contribution in [0.25, 0.3) is 11.1 Å². The van der Waals surface area contributed by atoms with Gasteiger partial charge in [0.15, 0.2) is 11.6 Å². The van der Waals surface area contributed by atoms with E-state index in [1.165, 1.54) is 0 Å². The highest BCUT2D eigenvalue weighted by atomic mass is 19.4. The molecule has 1 unspecified atom stereocenters. The molecule has 0 saturated carbocycles. The van der Waals surface area contributed by atoms with Crippen molar-refractivity contribution in [2.24, 2.45) is 5.92 Å². The number of amides is 4. The van der Waals surface area contributed by atoms with Crippen molar-refractivity contribution in [2.45, 2.75) is 25.6 Å². The maximum atomic E-state index is 14.6. The predicted octanol–water partition coefficient (Wildman–Crippen LogP) is 3.61. The molecule has 4 amide bonds. The lowest BCUT2D eigenvalue weighted by Crippen LogP contribution is -2.58. The van der Waals surface area contributed by atoms with E-state index in [0.29, 0.717) is 18.2 Å². The van der Waals surface area contributed by atoms with Crippen LogP contribution in [0.4, 0.5) is 26.7 Å². The van der Waals surface area contributed by atoms with E-state index in [9.17, 15) is 36.3 Å². The first-order valence-electron chi connectivity index (χ1n) is 9.44. The van der Waals surface area contributed by atoms with Gasteiger partial charge in [-0.2, -0.15) is 13.2 Å². The lowest BCUT2D eigenvalue weighted by atomic mass is 9.86. The number of hydrogen-bond acceptors (Lipinski definition) is 3. The Hall–Kier alpha value is -3.50. The highest BCUT2D eigenvalue weighted by molar-refractivity contribution is 6.08. The van der Waals surface area contributed by atoms with E-state index >= 15 is 0 Å². The second-order valence-corrected chi connectivity index (χ2v) is 7.58. The Morgan fingerprint density at radius 2 is 1.69 bits per heavy atom. The highest BCUT2D eigenvalue weighted by Crippen LogP contribution is 2.33. The van der Waals surface area contributed by atoms with Crippen LogP contribution in [-0.4, -0.2) is 29.9 Å². The molecule has 2 aromatic carbocycles. The van der Waals surface area contributed by atoms with Crippen LogP contribution in [-0.2, 0) is 11.0 Å². The molecule has 32 heavy (non-hydrogen) atoms. The van der Waals surface area contributed by atoms with Crippen molar-refractivity contribution in [3.8, 4) is 11.1 Å². The van der Waals surface area contributed by atoms with Crippen LogP contribution in [0, 0.1) is 17.6 Å². The van der Waals surface area contributed by atoms with Crippen LogP contribution in [0.5, 0.6) is 0 Å². The van der Waals surface area contributed by atoms with Crippen LogP contribution in [0.1, 0.15) is 29.8 Å². The zero-order valence-corrected chi connectivity index (χ0v) is 16.9. The Labute approximate surface area is 179 Å². The lowest BCUT2D eigenvalue weighted by molar-refractivity contribution is -0.137. The molecule has 11 heteroatoms. The third kappa shape index (κ3) is 4.14. The molecule has 0 aliphatic carbocycles. The number of benzene rings is 2. The molecular formula is C21H18F5N3O3. The molecule has 3 N–H and O–H groups in total. The quantitative estimate of drug-likeness (QED) is 0.476. The largest absolute Gasteiger partial charge is 0.416 e. The third-order valence-corrected chi connectivity index (χ3v) is 5.32. The topological polar surface area (TPSA) is 87.3 Å². The maximum absolute atomic E-state index is 14.6. The van der Waals surface area contributed by atoms with Crippen LogP contribution in [0.3, 0.4) is 0 Å². The van der Waals surface area contributed by atoms with Crippen molar-refractivity contribution >= 4 is 17.8 Å². The Morgan fingerprint density at radius 1 is 1.06 bits per heavy atom. The molecule has 170 valence electrons. The standard InChI is InChI=1S/C21H18F5N3O3/c1-10(2)20(18(31)28-19(32)29-20)9-27-17(30)13-7-8-14(22)16(23)15(13)11-3-5-12(6-4-11)21(24,25)26/h3-8,10H,9H2,1-2H3,(H,27,30)(H2,28,29,31,32). The molecule has 0 bridgehead atoms. The first kappa shape index (κ1) is 23.2. The van der Waals surface area contributed by atoms with Crippen molar-refractivity contribution in [3.05, 3.63) is 59.2 Å². The number of urea groups is 1. The smallest absolute Gasteiger partial charge is 0.349 e. The summed E-state index contributed by atoms with van der Waals surface area (Å²) in [6.45, 7) is 2.93. The number of imide groups is 1. The normalized spacial score (nSPS) is 18.5. The Kier molecular flexibility index (Phi) is 5.94. The van der Waals surface area contributed by atoms with Gasteiger partial charge >= 0.3 is 12.2 Å². The Morgan fingerprint density at radius 3 is 2.19 bits per heavy atom. The molecule has 1 atom stereocenters. The predicted molar refractivity (Wildman–Crippen MR) is 103 cm³/mol. The van der Waals surface area contributed by atoms with E-state index in [1.807, 2.05) is 0 Å². The van der Waals surface area contributed by atoms with E-state index in [1.54, 1.807) is 13.8 Å². The summed E-state index contributed by atoms with van der Waals surface area (Å²) >= 11 is 0. The fraction of sp³-hybridized carbons (Fsp3) is 0.286. The Balaban J connectivity index is 1.95. The van der Waals surface area contributed by atoms with Crippen LogP contribution < -0.4 is 16.0 Å². The minimum absolute atomic E-state index is 0.148. The first-order valence-corrected chi connectivity index (χ1v) is 9.44. The van der Waals surface area contributed by atoms with Crippen molar-refractivity contribution < 1.29 is 36.3 Å². The van der Waals surface area contributed by atoms with Gasteiger partial charge in [0.05, 0.1) is 17.7 Å². The van der Waals surface area contributed by atoms with Gasteiger partial charge in [-0.15, -0.1) is 0 Å². The lowest BCUT2D eigenvalue weighted by Gasteiger charge is -2.30. The molecule has 3 rings (SSSR count). The summed E-state index contributed by atoms with van der Waals surface area (Å²) < 4.78 is 66.9. The fourth-order valence-corrected chi connectivity index (χ4v) is 3.40. The zero-order chi connectivity index (χ0) is 23.8. The van der Waals surface area contributed by atoms with E-state index in [2.05, 4.69) is 16.0 Å². The zero-order valence-electron chi connectivity index (χ0n) is 16.9. The van der Waals surface area contributed by atoms with Crippen molar-refractivity contribution in [3.63, 3.8) is 0 Å². The van der Waals surface area contributed by atoms with Gasteiger partial charge < -0.3 is 10.6 Å². The molecule has 1 heterocycles. The average Bonchev–Trinajstić information content (AvgIpc) is 3.01. The third-order valence-electron chi connectivity index (χ3n) is 5.32. The summed E-state index contributed by atoms with van der Waals surface area (Å²) in [4.78, 5) is 36.6. The number of nitrogens with one attached hydrogen (secondary N) is 3. The highest BCUT2D eigenvalue weighted by Gasteiger charge is 2.48. The molecular weight excluding hydrogens is 437 g/mol. The summed E-state index contributed by atoms with van der Waals surface area (Å²) in [5.74, 6) is -4.71. The summed E-state index contributed by atoms with van der Waals surface area (Å²) in [6, 6.07) is 4.18. The number of rotatable bonds is 5. The molecule has 6 nitrogen and oxygen atoms in total. The molecule has 2 aromatic rings. The van der Waals surface area contributed by atoms with Gasteiger partial charge in [-0.25, -0.2) is 13.6 Å². The van der Waals surface area contributed by atoms with E-state index < -0.39 is 58.2 Å². The van der Waals surface area contributed by atoms with Gasteiger partial charge in [0.1, 0.15) is 5.54 Å². The molecule has 1 saturated heterocycles. The minimum atomic E-state index is -4.63. The Bertz CT molecular complexity index is 1080. The number of halogens is 5. The summed E-state index contributed by atoms with van der Waals surface area (Å²) in [6.07, 6.45) is -4.63. The maximum Gasteiger partial charge on any atom is 0.416 e. The summed E-state index contributed by atoms with van der Waals surface area (Å²) in [5.41, 5.74) is -3.49. The van der Waals surface area contributed by atoms with Gasteiger partial charge in [-0.3, -0.25) is 14.9 Å². The van der Waals surface area contributed by atoms with Gasteiger partial charge in [0.2, 0.25) is 0 Å². The first-order chi connectivity index (χ1) is 14.9. The van der Waals surface area contributed by atoms with E-state index in [0.717, 1.165) is 18.2 Å². The second-order valence-electron chi connectivity index (χ2n) is 7.58.